The lowest BCUT2D eigenvalue weighted by atomic mass is 10.0. The van der Waals surface area contributed by atoms with Crippen LogP contribution in [0, 0.1) is 0 Å². The first kappa shape index (κ1) is 17.0. The molecule has 4 rings (SSSR count). The number of ether oxygens (including phenoxy) is 3. The van der Waals surface area contributed by atoms with E-state index in [-0.39, 0.29) is 12.1 Å². The predicted octanol–water partition coefficient (Wildman–Crippen LogP) is 1.67. The van der Waals surface area contributed by atoms with Crippen molar-refractivity contribution in [3.8, 4) is 5.75 Å². The van der Waals surface area contributed by atoms with Crippen molar-refractivity contribution in [3.63, 3.8) is 0 Å². The lowest BCUT2D eigenvalue weighted by Gasteiger charge is -2.45. The number of esters is 1. The van der Waals surface area contributed by atoms with E-state index in [1.165, 1.54) is 0 Å². The van der Waals surface area contributed by atoms with Crippen molar-refractivity contribution in [1.82, 2.24) is 4.90 Å². The SMILES string of the molecule is CC(C)(C)OC(=O)N1CCN2c3ccc4c(c3OC[C@@H]2C1)C(O)OC4=O. The highest BCUT2D eigenvalue weighted by molar-refractivity contribution is 5.96. The van der Waals surface area contributed by atoms with E-state index in [1.54, 1.807) is 11.0 Å². The Morgan fingerprint density at radius 2 is 2.08 bits per heavy atom. The Balaban J connectivity index is 1.56. The number of piperazine rings is 1. The van der Waals surface area contributed by atoms with Gasteiger partial charge in [0.05, 0.1) is 22.9 Å². The molecule has 26 heavy (non-hydrogen) atoms. The number of carbonyl (C=O) groups is 2. The molecule has 2 atom stereocenters. The molecule has 0 saturated carbocycles. The second kappa shape index (κ2) is 5.77. The number of anilines is 1. The third kappa shape index (κ3) is 2.74. The summed E-state index contributed by atoms with van der Waals surface area (Å²) >= 11 is 0. The molecule has 0 aromatic heterocycles. The van der Waals surface area contributed by atoms with Gasteiger partial charge in [0, 0.05) is 19.6 Å². The molecule has 1 unspecified atom stereocenters. The predicted molar refractivity (Wildman–Crippen MR) is 91.3 cm³/mol. The van der Waals surface area contributed by atoms with E-state index < -0.39 is 17.9 Å². The summed E-state index contributed by atoms with van der Waals surface area (Å²) in [6, 6.07) is 3.44. The third-order valence-corrected chi connectivity index (χ3v) is 4.72. The lowest BCUT2D eigenvalue weighted by Crippen LogP contribution is -2.59. The van der Waals surface area contributed by atoms with Gasteiger partial charge in [0.1, 0.15) is 12.2 Å². The third-order valence-electron chi connectivity index (χ3n) is 4.72. The standard InChI is InChI=1S/C18H22N2O6/c1-18(2,3)26-17(23)19-6-7-20-10(8-19)9-24-14-12(20)5-4-11-13(14)16(22)25-15(11)21/h4-5,10,16,22H,6-9H2,1-3H3/t10-,16?/m0/s1. The van der Waals surface area contributed by atoms with Gasteiger partial charge >= 0.3 is 12.1 Å². The molecule has 1 saturated heterocycles. The van der Waals surface area contributed by atoms with Gasteiger partial charge in [-0.05, 0) is 32.9 Å². The summed E-state index contributed by atoms with van der Waals surface area (Å²) in [6.45, 7) is 7.51. The maximum Gasteiger partial charge on any atom is 0.410 e. The van der Waals surface area contributed by atoms with Crippen LogP contribution in [-0.2, 0) is 9.47 Å². The molecule has 1 aromatic carbocycles. The molecule has 8 heteroatoms. The molecule has 1 fully saturated rings. The number of benzene rings is 1. The highest BCUT2D eigenvalue weighted by Gasteiger charge is 2.41. The number of fused-ring (bicyclic) bond motifs is 5. The first-order valence-corrected chi connectivity index (χ1v) is 8.68. The van der Waals surface area contributed by atoms with Crippen molar-refractivity contribution < 1.29 is 28.9 Å². The number of cyclic esters (lactones) is 1. The summed E-state index contributed by atoms with van der Waals surface area (Å²) in [6.07, 6.45) is -1.63. The number of aliphatic hydroxyl groups excluding tert-OH is 1. The van der Waals surface area contributed by atoms with Crippen LogP contribution in [-0.4, -0.2) is 60.0 Å². The van der Waals surface area contributed by atoms with Crippen LogP contribution < -0.4 is 9.64 Å². The smallest absolute Gasteiger partial charge is 0.410 e. The van der Waals surface area contributed by atoms with Crippen molar-refractivity contribution in [3.05, 3.63) is 23.3 Å². The van der Waals surface area contributed by atoms with Crippen LogP contribution in [0.2, 0.25) is 0 Å². The van der Waals surface area contributed by atoms with Crippen LogP contribution in [0.3, 0.4) is 0 Å². The zero-order chi connectivity index (χ0) is 18.6. The Hall–Kier alpha value is -2.48. The number of carbonyl (C=O) groups excluding carboxylic acids is 2. The van der Waals surface area contributed by atoms with Gasteiger partial charge in [0.25, 0.3) is 0 Å². The van der Waals surface area contributed by atoms with E-state index >= 15 is 0 Å². The van der Waals surface area contributed by atoms with Gasteiger partial charge in [0.15, 0.2) is 5.75 Å². The van der Waals surface area contributed by atoms with E-state index in [0.717, 1.165) is 5.69 Å². The summed E-state index contributed by atoms with van der Waals surface area (Å²) in [7, 11) is 0. The second-order valence-electron chi connectivity index (χ2n) is 7.72. The molecule has 8 nitrogen and oxygen atoms in total. The molecular weight excluding hydrogens is 340 g/mol. The highest BCUT2D eigenvalue weighted by Crippen LogP contribution is 2.45. The Kier molecular flexibility index (Phi) is 3.76. The van der Waals surface area contributed by atoms with Crippen LogP contribution in [0.15, 0.2) is 12.1 Å². The first-order chi connectivity index (χ1) is 12.2. The van der Waals surface area contributed by atoms with Gasteiger partial charge < -0.3 is 29.1 Å². The van der Waals surface area contributed by atoms with Gasteiger partial charge in [-0.1, -0.05) is 0 Å². The maximum atomic E-state index is 12.3. The molecule has 140 valence electrons. The molecule has 3 heterocycles. The minimum atomic E-state index is -1.30. The molecule has 1 aromatic rings. The Bertz CT molecular complexity index is 772. The topological polar surface area (TPSA) is 88.5 Å². The Labute approximate surface area is 151 Å². The Morgan fingerprint density at radius 1 is 1.31 bits per heavy atom. The molecule has 0 spiro atoms. The second-order valence-corrected chi connectivity index (χ2v) is 7.72. The van der Waals surface area contributed by atoms with Gasteiger partial charge in [-0.2, -0.15) is 0 Å². The summed E-state index contributed by atoms with van der Waals surface area (Å²) in [5.41, 5.74) is 0.997. The van der Waals surface area contributed by atoms with E-state index in [2.05, 4.69) is 4.90 Å². The van der Waals surface area contributed by atoms with Gasteiger partial charge in [-0.15, -0.1) is 0 Å². The van der Waals surface area contributed by atoms with Crippen molar-refractivity contribution in [2.24, 2.45) is 0 Å². The van der Waals surface area contributed by atoms with Crippen molar-refractivity contribution in [2.45, 2.75) is 38.7 Å². The monoisotopic (exact) mass is 362 g/mol. The molecular formula is C18H22N2O6. The van der Waals surface area contributed by atoms with Crippen molar-refractivity contribution in [2.75, 3.05) is 31.1 Å². The van der Waals surface area contributed by atoms with E-state index in [4.69, 9.17) is 14.2 Å². The number of amides is 1. The average molecular weight is 362 g/mol. The van der Waals surface area contributed by atoms with Gasteiger partial charge in [-0.25, -0.2) is 9.59 Å². The van der Waals surface area contributed by atoms with Crippen LogP contribution in [0.1, 0.15) is 43.0 Å². The fourth-order valence-electron chi connectivity index (χ4n) is 3.60. The molecule has 3 aliphatic heterocycles. The molecule has 0 aliphatic carbocycles. The summed E-state index contributed by atoms with van der Waals surface area (Å²) in [5, 5.41) is 10.0. The maximum absolute atomic E-state index is 12.3. The minimum Gasteiger partial charge on any atom is -0.489 e. The number of rotatable bonds is 0. The van der Waals surface area contributed by atoms with Crippen LogP contribution in [0.4, 0.5) is 10.5 Å². The number of hydrogen-bond acceptors (Lipinski definition) is 7. The van der Waals surface area contributed by atoms with E-state index in [0.29, 0.717) is 43.1 Å². The number of nitrogens with zero attached hydrogens (tertiary/aromatic N) is 2. The molecule has 3 aliphatic rings. The zero-order valence-electron chi connectivity index (χ0n) is 15.0. The molecule has 0 radical (unpaired) electrons. The van der Waals surface area contributed by atoms with Crippen LogP contribution in [0.5, 0.6) is 5.75 Å². The largest absolute Gasteiger partial charge is 0.489 e. The summed E-state index contributed by atoms with van der Waals surface area (Å²) < 4.78 is 16.2. The molecule has 1 amide bonds. The average Bonchev–Trinajstić information content (AvgIpc) is 2.87. The summed E-state index contributed by atoms with van der Waals surface area (Å²) in [5.74, 6) is -0.0569. The fraction of sp³-hybridized carbons (Fsp3) is 0.556. The minimum absolute atomic E-state index is 0.0167. The van der Waals surface area contributed by atoms with E-state index in [1.807, 2.05) is 26.8 Å². The van der Waals surface area contributed by atoms with Crippen molar-refractivity contribution in [1.29, 1.82) is 0 Å². The van der Waals surface area contributed by atoms with Gasteiger partial charge in [-0.3, -0.25) is 0 Å². The van der Waals surface area contributed by atoms with Gasteiger partial charge in [0.2, 0.25) is 6.29 Å². The van der Waals surface area contributed by atoms with Crippen molar-refractivity contribution >= 4 is 17.7 Å². The quantitative estimate of drug-likeness (QED) is 0.702. The molecule has 1 N–H and O–H groups in total. The van der Waals surface area contributed by atoms with Crippen LogP contribution >= 0.6 is 0 Å². The lowest BCUT2D eigenvalue weighted by molar-refractivity contribution is -0.0559. The number of hydrogen-bond donors (Lipinski definition) is 1. The highest BCUT2D eigenvalue weighted by atomic mass is 16.6. The fourth-order valence-corrected chi connectivity index (χ4v) is 3.60. The molecule has 0 bridgehead atoms. The Morgan fingerprint density at radius 3 is 2.81 bits per heavy atom. The van der Waals surface area contributed by atoms with E-state index in [9.17, 15) is 14.7 Å². The zero-order valence-corrected chi connectivity index (χ0v) is 15.0. The summed E-state index contributed by atoms with van der Waals surface area (Å²) in [4.78, 5) is 27.9. The first-order valence-electron chi connectivity index (χ1n) is 8.68. The normalized spacial score (nSPS) is 24.2. The van der Waals surface area contributed by atoms with Crippen LogP contribution in [0.25, 0.3) is 0 Å². The number of aliphatic hydroxyl groups is 1.